The lowest BCUT2D eigenvalue weighted by atomic mass is 9.93. The molecule has 1 heteroatoms. The van der Waals surface area contributed by atoms with Crippen molar-refractivity contribution in [2.24, 2.45) is 0 Å². The van der Waals surface area contributed by atoms with Crippen LogP contribution in [0.1, 0.15) is 42.4 Å². The van der Waals surface area contributed by atoms with E-state index < -0.39 is 0 Å². The molecule has 16 heavy (non-hydrogen) atoms. The molecule has 0 saturated heterocycles. The molecule has 2 rings (SSSR count). The minimum absolute atomic E-state index is 0.648. The standard InChI is InChI=1S/C15H19N/c1-4-5-6-7-13-10-16-15-12(3)8-11(2)9-14(13)15/h8-9,13,16H,6-7,10H2,1-3H3. The van der Waals surface area contributed by atoms with Crippen LogP contribution in [-0.2, 0) is 0 Å². The van der Waals surface area contributed by atoms with Gasteiger partial charge in [0.1, 0.15) is 0 Å². The van der Waals surface area contributed by atoms with Gasteiger partial charge in [0.05, 0.1) is 0 Å². The summed E-state index contributed by atoms with van der Waals surface area (Å²) in [6.07, 6.45) is 2.18. The molecule has 0 bridgehead atoms. The molecule has 1 aliphatic heterocycles. The summed E-state index contributed by atoms with van der Waals surface area (Å²) < 4.78 is 0. The van der Waals surface area contributed by atoms with Crippen LogP contribution in [0.2, 0.25) is 0 Å². The Morgan fingerprint density at radius 3 is 2.94 bits per heavy atom. The zero-order valence-electron chi connectivity index (χ0n) is 10.4. The first-order valence-electron chi connectivity index (χ1n) is 5.97. The van der Waals surface area contributed by atoms with E-state index in [4.69, 9.17) is 0 Å². The number of hydrogen-bond donors (Lipinski definition) is 1. The van der Waals surface area contributed by atoms with Gasteiger partial charge >= 0.3 is 0 Å². The average molecular weight is 213 g/mol. The van der Waals surface area contributed by atoms with E-state index in [1.807, 2.05) is 6.92 Å². The predicted octanol–water partition coefficient (Wildman–Crippen LogP) is 3.62. The van der Waals surface area contributed by atoms with Gasteiger partial charge in [-0.25, -0.2) is 0 Å². The summed E-state index contributed by atoms with van der Waals surface area (Å²) in [5, 5.41) is 3.52. The van der Waals surface area contributed by atoms with Crippen molar-refractivity contribution in [3.05, 3.63) is 28.8 Å². The van der Waals surface area contributed by atoms with Crippen LogP contribution in [0, 0.1) is 25.7 Å². The Morgan fingerprint density at radius 1 is 1.38 bits per heavy atom. The lowest BCUT2D eigenvalue weighted by Crippen LogP contribution is -2.01. The highest BCUT2D eigenvalue weighted by atomic mass is 14.9. The van der Waals surface area contributed by atoms with E-state index in [9.17, 15) is 0 Å². The molecule has 0 saturated carbocycles. The van der Waals surface area contributed by atoms with Gasteiger partial charge in [-0.3, -0.25) is 0 Å². The van der Waals surface area contributed by atoms with Gasteiger partial charge in [-0.2, -0.15) is 0 Å². The number of aryl methyl sites for hydroxylation is 2. The Hall–Kier alpha value is -1.42. The van der Waals surface area contributed by atoms with Crippen LogP contribution < -0.4 is 5.32 Å². The Balaban J connectivity index is 2.20. The topological polar surface area (TPSA) is 12.0 Å². The fourth-order valence-electron chi connectivity index (χ4n) is 2.53. The first kappa shape index (κ1) is 11.1. The fraction of sp³-hybridized carbons (Fsp3) is 0.467. The van der Waals surface area contributed by atoms with E-state index in [0.29, 0.717) is 5.92 Å². The summed E-state index contributed by atoms with van der Waals surface area (Å²) in [5.74, 6) is 6.77. The molecule has 1 aromatic carbocycles. The van der Waals surface area contributed by atoms with Gasteiger partial charge in [-0.1, -0.05) is 17.7 Å². The normalized spacial score (nSPS) is 17.3. The van der Waals surface area contributed by atoms with Crippen LogP contribution in [0.4, 0.5) is 5.69 Å². The monoisotopic (exact) mass is 213 g/mol. The second-order valence-corrected chi connectivity index (χ2v) is 4.59. The van der Waals surface area contributed by atoms with Gasteiger partial charge in [0.2, 0.25) is 0 Å². The Kier molecular flexibility index (Phi) is 3.19. The molecule has 1 heterocycles. The van der Waals surface area contributed by atoms with Crippen molar-refractivity contribution in [3.63, 3.8) is 0 Å². The largest absolute Gasteiger partial charge is 0.384 e. The molecule has 0 fully saturated rings. The zero-order chi connectivity index (χ0) is 11.5. The van der Waals surface area contributed by atoms with E-state index in [1.165, 1.54) is 28.8 Å². The number of hydrogen-bond acceptors (Lipinski definition) is 1. The highest BCUT2D eigenvalue weighted by Gasteiger charge is 2.22. The molecule has 84 valence electrons. The number of anilines is 1. The number of fused-ring (bicyclic) bond motifs is 1. The third-order valence-corrected chi connectivity index (χ3v) is 3.27. The molecule has 1 nitrogen and oxygen atoms in total. The van der Waals surface area contributed by atoms with E-state index in [2.05, 4.69) is 43.1 Å². The highest BCUT2D eigenvalue weighted by molar-refractivity contribution is 5.63. The third kappa shape index (κ3) is 2.07. The van der Waals surface area contributed by atoms with Crippen molar-refractivity contribution >= 4 is 5.69 Å². The Labute approximate surface area is 98.3 Å². The summed E-state index contributed by atoms with van der Waals surface area (Å²) in [6, 6.07) is 4.58. The molecular weight excluding hydrogens is 194 g/mol. The van der Waals surface area contributed by atoms with Crippen molar-refractivity contribution in [1.29, 1.82) is 0 Å². The summed E-state index contributed by atoms with van der Waals surface area (Å²) in [4.78, 5) is 0. The number of benzene rings is 1. The molecule has 0 spiro atoms. The zero-order valence-corrected chi connectivity index (χ0v) is 10.4. The summed E-state index contributed by atoms with van der Waals surface area (Å²) in [7, 11) is 0. The van der Waals surface area contributed by atoms with Gasteiger partial charge in [-0.15, -0.1) is 11.8 Å². The van der Waals surface area contributed by atoms with Crippen LogP contribution in [0.3, 0.4) is 0 Å². The Bertz CT molecular complexity index is 448. The minimum Gasteiger partial charge on any atom is -0.384 e. The van der Waals surface area contributed by atoms with Crippen LogP contribution >= 0.6 is 0 Å². The molecular formula is C15H19N. The maximum absolute atomic E-state index is 3.52. The number of rotatable bonds is 2. The van der Waals surface area contributed by atoms with Crippen molar-refractivity contribution in [2.75, 3.05) is 11.9 Å². The van der Waals surface area contributed by atoms with E-state index in [1.54, 1.807) is 0 Å². The van der Waals surface area contributed by atoms with Gasteiger partial charge in [0, 0.05) is 24.6 Å². The smallest absolute Gasteiger partial charge is 0.0406 e. The molecule has 1 unspecified atom stereocenters. The quantitative estimate of drug-likeness (QED) is 0.740. The van der Waals surface area contributed by atoms with Crippen molar-refractivity contribution in [1.82, 2.24) is 0 Å². The molecule has 0 radical (unpaired) electrons. The third-order valence-electron chi connectivity index (χ3n) is 3.27. The lowest BCUT2D eigenvalue weighted by Gasteiger charge is -2.10. The van der Waals surface area contributed by atoms with E-state index >= 15 is 0 Å². The SMILES string of the molecule is CC#CCCC1CNc2c(C)cc(C)cc21. The van der Waals surface area contributed by atoms with Crippen molar-refractivity contribution in [3.8, 4) is 11.8 Å². The van der Waals surface area contributed by atoms with Gasteiger partial charge in [0.15, 0.2) is 0 Å². The van der Waals surface area contributed by atoms with Crippen molar-refractivity contribution in [2.45, 2.75) is 39.5 Å². The average Bonchev–Trinajstić information content (AvgIpc) is 2.62. The maximum atomic E-state index is 3.52. The maximum Gasteiger partial charge on any atom is 0.0406 e. The summed E-state index contributed by atoms with van der Waals surface area (Å²) in [6.45, 7) is 7.35. The molecule has 0 aromatic heterocycles. The molecule has 1 aromatic rings. The lowest BCUT2D eigenvalue weighted by molar-refractivity contribution is 0.693. The Morgan fingerprint density at radius 2 is 2.19 bits per heavy atom. The highest BCUT2D eigenvalue weighted by Crippen LogP contribution is 2.37. The van der Waals surface area contributed by atoms with Gasteiger partial charge in [0.25, 0.3) is 0 Å². The van der Waals surface area contributed by atoms with Crippen LogP contribution in [0.15, 0.2) is 12.1 Å². The second kappa shape index (κ2) is 4.61. The van der Waals surface area contributed by atoms with Gasteiger partial charge in [-0.05, 0) is 38.3 Å². The molecule has 1 atom stereocenters. The molecule has 0 aliphatic carbocycles. The molecule has 1 N–H and O–H groups in total. The number of nitrogens with one attached hydrogen (secondary N) is 1. The summed E-state index contributed by atoms with van der Waals surface area (Å²) >= 11 is 0. The minimum atomic E-state index is 0.648. The van der Waals surface area contributed by atoms with Crippen LogP contribution in [0.25, 0.3) is 0 Å². The predicted molar refractivity (Wildman–Crippen MR) is 69.8 cm³/mol. The molecule has 1 aliphatic rings. The first-order chi connectivity index (χ1) is 7.72. The van der Waals surface area contributed by atoms with Gasteiger partial charge < -0.3 is 5.32 Å². The molecule has 0 amide bonds. The fourth-order valence-corrected chi connectivity index (χ4v) is 2.53. The second-order valence-electron chi connectivity index (χ2n) is 4.59. The van der Waals surface area contributed by atoms with Crippen LogP contribution in [-0.4, -0.2) is 6.54 Å². The van der Waals surface area contributed by atoms with Crippen LogP contribution in [0.5, 0.6) is 0 Å². The van der Waals surface area contributed by atoms with Crippen molar-refractivity contribution < 1.29 is 0 Å². The van der Waals surface area contributed by atoms with E-state index in [-0.39, 0.29) is 0 Å². The van der Waals surface area contributed by atoms with E-state index in [0.717, 1.165) is 13.0 Å². The summed E-state index contributed by atoms with van der Waals surface area (Å²) in [5.41, 5.74) is 5.60. The first-order valence-corrected chi connectivity index (χ1v) is 5.97.